The molecule has 0 spiro atoms. The zero-order chi connectivity index (χ0) is 20.4. The van der Waals surface area contributed by atoms with Crippen molar-refractivity contribution in [2.75, 3.05) is 31.8 Å². The van der Waals surface area contributed by atoms with Crippen LogP contribution >= 0.6 is 0 Å². The lowest BCUT2D eigenvalue weighted by atomic mass is 10.3. The van der Waals surface area contributed by atoms with E-state index in [0.29, 0.717) is 36.2 Å². The van der Waals surface area contributed by atoms with Gasteiger partial charge in [-0.3, -0.25) is 4.99 Å². The van der Waals surface area contributed by atoms with Gasteiger partial charge in [-0.25, -0.2) is 27.9 Å². The van der Waals surface area contributed by atoms with Gasteiger partial charge in [0.25, 0.3) is 0 Å². The number of rotatable bonds is 7. The number of sulfonamides is 1. The van der Waals surface area contributed by atoms with Crippen molar-refractivity contribution in [1.82, 2.24) is 10.0 Å². The number of nitrogens with zero attached hydrogens (tertiary/aromatic N) is 2. The van der Waals surface area contributed by atoms with E-state index < -0.39 is 22.0 Å². The minimum atomic E-state index is -3.70. The molecule has 0 fully saturated rings. The van der Waals surface area contributed by atoms with Crippen LogP contribution in [0.4, 0.5) is 10.2 Å². The van der Waals surface area contributed by atoms with Gasteiger partial charge in [0.15, 0.2) is 0 Å². The highest BCUT2D eigenvalue weighted by molar-refractivity contribution is 7.89. The third kappa shape index (κ3) is 7.42. The molecule has 10 nitrogen and oxygen atoms in total. The van der Waals surface area contributed by atoms with Gasteiger partial charge in [-0.15, -0.1) is 0 Å². The number of aliphatic imine (C=N–C) groups is 1. The van der Waals surface area contributed by atoms with E-state index >= 15 is 0 Å². The second-order valence-corrected chi connectivity index (χ2v) is 6.82. The van der Waals surface area contributed by atoms with E-state index in [2.05, 4.69) is 15.0 Å². The van der Waals surface area contributed by atoms with Gasteiger partial charge in [0.05, 0.1) is 12.2 Å². The Kier molecular flexibility index (Phi) is 8.35. The van der Waals surface area contributed by atoms with Gasteiger partial charge in [-0.2, -0.15) is 0 Å². The van der Waals surface area contributed by atoms with Crippen molar-refractivity contribution < 1.29 is 32.7 Å². The molecule has 0 radical (unpaired) electrons. The molecule has 0 saturated heterocycles. The van der Waals surface area contributed by atoms with Crippen LogP contribution in [0.25, 0.3) is 0 Å². The van der Waals surface area contributed by atoms with Crippen LogP contribution in [-0.4, -0.2) is 63.1 Å². The number of anilines is 1. The summed E-state index contributed by atoms with van der Waals surface area (Å²) in [6, 6.07) is 5.91. The highest BCUT2D eigenvalue weighted by Gasteiger charge is 2.21. The first-order chi connectivity index (χ1) is 12.7. The molecule has 0 bridgehead atoms. The number of aliphatic carboxylic acids is 2. The standard InChI is InChI=1S/C11H15FN4O2S.C4H4O4/c1-13-19(17,18)10-5-3-2-4-9(10)16(12)8-11-14-6-7-15-11;5-3(6)1-2-4(7)8/h2-5,13H,6-8H2,1H3,(H,14,15);1-2H,(H,5,6)(H,7,8). The van der Waals surface area contributed by atoms with Crippen molar-refractivity contribution in [3.63, 3.8) is 0 Å². The molecular formula is C15H19FN4O6S. The summed E-state index contributed by atoms with van der Waals surface area (Å²) in [4.78, 5) is 23.1. The van der Waals surface area contributed by atoms with Crippen LogP contribution in [0.5, 0.6) is 0 Å². The molecular weight excluding hydrogens is 383 g/mol. The Morgan fingerprint density at radius 3 is 2.37 bits per heavy atom. The normalized spacial score (nSPS) is 13.3. The van der Waals surface area contributed by atoms with E-state index in [1.54, 1.807) is 12.1 Å². The summed E-state index contributed by atoms with van der Waals surface area (Å²) in [7, 11) is -2.41. The molecule has 4 N–H and O–H groups in total. The maximum absolute atomic E-state index is 14.1. The summed E-state index contributed by atoms with van der Waals surface area (Å²) in [6.07, 6.45) is 1.12. The van der Waals surface area contributed by atoms with Crippen molar-refractivity contribution in [3.05, 3.63) is 36.4 Å². The lowest BCUT2D eigenvalue weighted by Crippen LogP contribution is -2.31. The second-order valence-electron chi connectivity index (χ2n) is 4.96. The lowest BCUT2D eigenvalue weighted by molar-refractivity contribution is -0.134. The molecule has 0 atom stereocenters. The van der Waals surface area contributed by atoms with Crippen molar-refractivity contribution >= 4 is 33.5 Å². The summed E-state index contributed by atoms with van der Waals surface area (Å²) >= 11 is 0. The third-order valence-corrected chi connectivity index (χ3v) is 4.55. The van der Waals surface area contributed by atoms with E-state index in [1.807, 2.05) is 0 Å². The molecule has 0 aromatic heterocycles. The molecule has 27 heavy (non-hydrogen) atoms. The van der Waals surface area contributed by atoms with Crippen LogP contribution in [0.3, 0.4) is 0 Å². The zero-order valence-corrected chi connectivity index (χ0v) is 15.1. The summed E-state index contributed by atoms with van der Waals surface area (Å²) in [5, 5.41) is 18.9. The number of amidine groups is 1. The average Bonchev–Trinajstić information content (AvgIpc) is 3.13. The van der Waals surface area contributed by atoms with Crippen LogP contribution in [-0.2, 0) is 19.6 Å². The predicted octanol–water partition coefficient (Wildman–Crippen LogP) is -0.000900. The fourth-order valence-corrected chi connectivity index (χ4v) is 2.83. The third-order valence-electron chi connectivity index (χ3n) is 3.09. The van der Waals surface area contributed by atoms with Gasteiger partial charge in [0, 0.05) is 18.7 Å². The molecule has 1 aromatic carbocycles. The van der Waals surface area contributed by atoms with Crippen LogP contribution in [0.1, 0.15) is 0 Å². The molecule has 148 valence electrons. The summed E-state index contributed by atoms with van der Waals surface area (Å²) < 4.78 is 39.9. The molecule has 1 aliphatic rings. The van der Waals surface area contributed by atoms with E-state index in [9.17, 15) is 22.5 Å². The molecule has 1 heterocycles. The van der Waals surface area contributed by atoms with E-state index in [4.69, 9.17) is 10.2 Å². The maximum Gasteiger partial charge on any atom is 0.328 e. The summed E-state index contributed by atoms with van der Waals surface area (Å²) in [5.41, 5.74) is -0.00625. The number of hydrogen-bond acceptors (Lipinski definition) is 7. The minimum Gasteiger partial charge on any atom is -0.478 e. The molecule has 12 heteroatoms. The Bertz CT molecular complexity index is 824. The Labute approximate surface area is 155 Å². The molecule has 1 aliphatic heterocycles. The smallest absolute Gasteiger partial charge is 0.328 e. The van der Waals surface area contributed by atoms with Crippen LogP contribution in [0.15, 0.2) is 46.3 Å². The number of carbonyl (C=O) groups is 2. The molecule has 0 unspecified atom stereocenters. The van der Waals surface area contributed by atoms with E-state index in [1.165, 1.54) is 19.2 Å². The van der Waals surface area contributed by atoms with E-state index in [0.717, 1.165) is 0 Å². The highest BCUT2D eigenvalue weighted by atomic mass is 32.2. The van der Waals surface area contributed by atoms with Gasteiger partial charge >= 0.3 is 11.9 Å². The lowest BCUT2D eigenvalue weighted by Gasteiger charge is -2.17. The Balaban J connectivity index is 0.000000387. The first-order valence-electron chi connectivity index (χ1n) is 7.54. The van der Waals surface area contributed by atoms with Crippen LogP contribution in [0.2, 0.25) is 0 Å². The van der Waals surface area contributed by atoms with Crippen molar-refractivity contribution in [2.45, 2.75) is 4.90 Å². The SMILES string of the molecule is CNS(=O)(=O)c1ccccc1N(F)CC1=NCCN1.O=C(O)C=CC(=O)O. The first kappa shape index (κ1) is 22.1. The van der Waals surface area contributed by atoms with Crippen molar-refractivity contribution in [2.24, 2.45) is 4.99 Å². The number of benzene rings is 1. The van der Waals surface area contributed by atoms with Gasteiger partial charge in [-0.05, 0) is 19.2 Å². The number of hydrogen-bond donors (Lipinski definition) is 4. The average molecular weight is 402 g/mol. The Hall–Kier alpha value is -2.99. The fourth-order valence-electron chi connectivity index (χ4n) is 1.91. The van der Waals surface area contributed by atoms with Gasteiger partial charge in [0.2, 0.25) is 10.0 Å². The fraction of sp³-hybridized carbons (Fsp3) is 0.267. The number of carboxylic acids is 2. The quantitative estimate of drug-likeness (QED) is 0.368. The van der Waals surface area contributed by atoms with Crippen molar-refractivity contribution in [3.8, 4) is 0 Å². The summed E-state index contributed by atoms with van der Waals surface area (Å²) in [5.74, 6) is -2.00. The van der Waals surface area contributed by atoms with Crippen molar-refractivity contribution in [1.29, 1.82) is 0 Å². The first-order valence-corrected chi connectivity index (χ1v) is 9.02. The van der Waals surface area contributed by atoms with Gasteiger partial charge < -0.3 is 15.5 Å². The van der Waals surface area contributed by atoms with Crippen LogP contribution in [0, 0.1) is 0 Å². The maximum atomic E-state index is 14.1. The monoisotopic (exact) mass is 402 g/mol. The Morgan fingerprint density at radius 2 is 1.89 bits per heavy atom. The molecule has 0 aliphatic carbocycles. The number of nitrogens with one attached hydrogen (secondary N) is 2. The van der Waals surface area contributed by atoms with Crippen LogP contribution < -0.4 is 15.2 Å². The largest absolute Gasteiger partial charge is 0.478 e. The minimum absolute atomic E-state index is 0.00625. The number of para-hydroxylation sites is 1. The molecule has 0 amide bonds. The summed E-state index contributed by atoms with van der Waals surface area (Å²) in [6.45, 7) is 1.19. The highest BCUT2D eigenvalue weighted by Crippen LogP contribution is 2.25. The zero-order valence-electron chi connectivity index (χ0n) is 14.3. The van der Waals surface area contributed by atoms with E-state index in [-0.39, 0.29) is 17.1 Å². The number of carboxylic acid groups (broad SMARTS) is 2. The molecule has 1 aromatic rings. The topological polar surface area (TPSA) is 148 Å². The second kappa shape index (κ2) is 10.2. The number of halogens is 1. The molecule has 0 saturated carbocycles. The van der Waals surface area contributed by atoms with Gasteiger partial charge in [0.1, 0.15) is 17.3 Å². The predicted molar refractivity (Wildman–Crippen MR) is 95.9 cm³/mol. The van der Waals surface area contributed by atoms with Gasteiger partial charge in [-0.1, -0.05) is 16.6 Å². The Morgan fingerprint density at radius 1 is 1.30 bits per heavy atom. The molecule has 2 rings (SSSR count).